The summed E-state index contributed by atoms with van der Waals surface area (Å²) >= 11 is 5.54. The normalized spacial score (nSPS) is 12.0. The van der Waals surface area contributed by atoms with Crippen LogP contribution in [0.25, 0.3) is 0 Å². The lowest BCUT2D eigenvalue weighted by Gasteiger charge is -2.13. The summed E-state index contributed by atoms with van der Waals surface area (Å²) in [5, 5.41) is 2.92. The summed E-state index contributed by atoms with van der Waals surface area (Å²) in [5.74, 6) is -0.0686. The van der Waals surface area contributed by atoms with E-state index in [0.29, 0.717) is 18.5 Å². The maximum absolute atomic E-state index is 12.2. The average Bonchev–Trinajstić information content (AvgIpc) is 2.50. The van der Waals surface area contributed by atoms with Gasteiger partial charge in [-0.15, -0.1) is 0 Å². The highest BCUT2D eigenvalue weighted by atomic mass is 127. The summed E-state index contributed by atoms with van der Waals surface area (Å²) in [6.07, 6.45) is 0.709. The van der Waals surface area contributed by atoms with E-state index in [1.54, 1.807) is 0 Å². The molecule has 0 bridgehead atoms. The summed E-state index contributed by atoms with van der Waals surface area (Å²) < 4.78 is 1.83. The molecule has 21 heavy (non-hydrogen) atoms. The van der Waals surface area contributed by atoms with Crippen molar-refractivity contribution in [3.63, 3.8) is 0 Å². The predicted molar refractivity (Wildman–Crippen MR) is 97.2 cm³/mol. The maximum Gasteiger partial charge on any atom is 0.252 e. The van der Waals surface area contributed by atoms with E-state index in [1.807, 2.05) is 48.5 Å². The van der Waals surface area contributed by atoms with Gasteiger partial charge in [0.2, 0.25) is 0 Å². The summed E-state index contributed by atoms with van der Waals surface area (Å²) in [6, 6.07) is 15.5. The van der Waals surface area contributed by atoms with Crippen LogP contribution in [0.2, 0.25) is 0 Å². The van der Waals surface area contributed by atoms with Crippen LogP contribution < -0.4 is 11.1 Å². The molecule has 0 saturated carbocycles. The largest absolute Gasteiger partial charge is 0.352 e. The molecule has 0 heterocycles. The van der Waals surface area contributed by atoms with Crippen molar-refractivity contribution in [1.82, 2.24) is 5.32 Å². The second kappa shape index (κ2) is 7.91. The lowest BCUT2D eigenvalue weighted by Crippen LogP contribution is -2.27. The topological polar surface area (TPSA) is 55.1 Å². The Bertz CT molecular complexity index is 619. The first-order valence-corrected chi connectivity index (χ1v) is 8.49. The van der Waals surface area contributed by atoms with Gasteiger partial charge in [-0.3, -0.25) is 4.79 Å². The number of hydrogen-bond acceptors (Lipinski definition) is 2. The Morgan fingerprint density at radius 1 is 1.24 bits per heavy atom. The first-order valence-electron chi connectivity index (χ1n) is 6.61. The first-order chi connectivity index (χ1) is 10.1. The SMILES string of the molecule is NC(CCNC(=O)c1cc(Br)ccc1I)c1ccccc1. The third-order valence-corrected chi connectivity index (χ3v) is 4.58. The van der Waals surface area contributed by atoms with E-state index in [1.165, 1.54) is 0 Å². The van der Waals surface area contributed by atoms with Gasteiger partial charge in [0.1, 0.15) is 0 Å². The van der Waals surface area contributed by atoms with Crippen LogP contribution in [0.4, 0.5) is 0 Å². The van der Waals surface area contributed by atoms with Crippen molar-refractivity contribution in [2.24, 2.45) is 5.73 Å². The monoisotopic (exact) mass is 458 g/mol. The molecule has 3 N–H and O–H groups in total. The number of nitrogens with one attached hydrogen (secondary N) is 1. The van der Waals surface area contributed by atoms with Gasteiger partial charge in [-0.2, -0.15) is 0 Å². The van der Waals surface area contributed by atoms with E-state index in [2.05, 4.69) is 43.8 Å². The van der Waals surface area contributed by atoms with E-state index in [4.69, 9.17) is 5.73 Å². The van der Waals surface area contributed by atoms with Crippen molar-refractivity contribution < 1.29 is 4.79 Å². The summed E-state index contributed by atoms with van der Waals surface area (Å²) in [6.45, 7) is 0.553. The molecule has 2 aromatic rings. The Balaban J connectivity index is 1.88. The first kappa shape index (κ1) is 16.5. The average molecular weight is 459 g/mol. The fourth-order valence-electron chi connectivity index (χ4n) is 1.97. The van der Waals surface area contributed by atoms with Gasteiger partial charge in [0.25, 0.3) is 5.91 Å². The summed E-state index contributed by atoms with van der Waals surface area (Å²) in [5.41, 5.74) is 7.88. The fourth-order valence-corrected chi connectivity index (χ4v) is 2.92. The van der Waals surface area contributed by atoms with E-state index >= 15 is 0 Å². The molecule has 0 fully saturated rings. The van der Waals surface area contributed by atoms with Gasteiger partial charge in [0.05, 0.1) is 5.56 Å². The number of rotatable bonds is 5. The van der Waals surface area contributed by atoms with E-state index in [-0.39, 0.29) is 11.9 Å². The van der Waals surface area contributed by atoms with Crippen LogP contribution in [0.15, 0.2) is 53.0 Å². The highest BCUT2D eigenvalue weighted by Crippen LogP contribution is 2.18. The number of amides is 1. The minimum absolute atomic E-state index is 0.0620. The summed E-state index contributed by atoms with van der Waals surface area (Å²) in [4.78, 5) is 12.2. The van der Waals surface area contributed by atoms with E-state index in [9.17, 15) is 4.79 Å². The Hall–Kier alpha value is -0.920. The molecular weight excluding hydrogens is 443 g/mol. The molecule has 0 aliphatic heterocycles. The molecule has 0 aliphatic rings. The second-order valence-electron chi connectivity index (χ2n) is 4.69. The Labute approximate surface area is 146 Å². The quantitative estimate of drug-likeness (QED) is 0.668. The number of carbonyl (C=O) groups is 1. The van der Waals surface area contributed by atoms with Gasteiger partial charge in [-0.05, 0) is 52.8 Å². The fraction of sp³-hybridized carbons (Fsp3) is 0.188. The van der Waals surface area contributed by atoms with Crippen LogP contribution in [-0.4, -0.2) is 12.5 Å². The second-order valence-corrected chi connectivity index (χ2v) is 6.76. The van der Waals surface area contributed by atoms with Crippen LogP contribution in [0, 0.1) is 3.57 Å². The Morgan fingerprint density at radius 3 is 2.67 bits per heavy atom. The number of benzene rings is 2. The smallest absolute Gasteiger partial charge is 0.252 e. The molecule has 1 unspecified atom stereocenters. The highest BCUT2D eigenvalue weighted by Gasteiger charge is 2.11. The van der Waals surface area contributed by atoms with Crippen molar-refractivity contribution in [1.29, 1.82) is 0 Å². The van der Waals surface area contributed by atoms with E-state index < -0.39 is 0 Å². The Morgan fingerprint density at radius 2 is 1.95 bits per heavy atom. The van der Waals surface area contributed by atoms with Gasteiger partial charge < -0.3 is 11.1 Å². The minimum Gasteiger partial charge on any atom is -0.352 e. The molecule has 0 saturated heterocycles. The maximum atomic E-state index is 12.2. The van der Waals surface area contributed by atoms with Crippen molar-refractivity contribution in [3.8, 4) is 0 Å². The molecule has 5 heteroatoms. The van der Waals surface area contributed by atoms with Gasteiger partial charge in [0, 0.05) is 20.6 Å². The zero-order valence-electron chi connectivity index (χ0n) is 11.4. The van der Waals surface area contributed by atoms with E-state index in [0.717, 1.165) is 13.6 Å². The number of nitrogens with two attached hydrogens (primary N) is 1. The molecule has 110 valence electrons. The van der Waals surface area contributed by atoms with Crippen LogP contribution >= 0.6 is 38.5 Å². The minimum atomic E-state index is -0.0686. The highest BCUT2D eigenvalue weighted by molar-refractivity contribution is 14.1. The third-order valence-electron chi connectivity index (χ3n) is 3.14. The van der Waals surface area contributed by atoms with Gasteiger partial charge in [-0.1, -0.05) is 46.3 Å². The van der Waals surface area contributed by atoms with Crippen LogP contribution in [-0.2, 0) is 0 Å². The van der Waals surface area contributed by atoms with Gasteiger partial charge in [-0.25, -0.2) is 0 Å². The molecule has 1 atom stereocenters. The molecule has 0 spiro atoms. The van der Waals surface area contributed by atoms with Crippen LogP contribution in [0.5, 0.6) is 0 Å². The number of carbonyl (C=O) groups excluding carboxylic acids is 1. The molecule has 3 nitrogen and oxygen atoms in total. The molecule has 1 amide bonds. The summed E-state index contributed by atoms with van der Waals surface area (Å²) in [7, 11) is 0. The molecular formula is C16H16BrIN2O. The predicted octanol–water partition coefficient (Wildman–Crippen LogP) is 3.87. The van der Waals surface area contributed by atoms with Crippen molar-refractivity contribution >= 4 is 44.4 Å². The van der Waals surface area contributed by atoms with Crippen LogP contribution in [0.3, 0.4) is 0 Å². The Kier molecular flexibility index (Phi) is 6.20. The number of hydrogen-bond donors (Lipinski definition) is 2. The third kappa shape index (κ3) is 4.79. The van der Waals surface area contributed by atoms with Crippen molar-refractivity contribution in [2.75, 3.05) is 6.54 Å². The van der Waals surface area contributed by atoms with Gasteiger partial charge in [0.15, 0.2) is 0 Å². The van der Waals surface area contributed by atoms with Crippen molar-refractivity contribution in [2.45, 2.75) is 12.5 Å². The standard InChI is InChI=1S/C16H16BrIN2O/c17-12-6-7-14(18)13(10-12)16(21)20-9-8-15(19)11-4-2-1-3-5-11/h1-7,10,15H,8-9,19H2,(H,20,21). The molecule has 0 radical (unpaired) electrons. The lowest BCUT2D eigenvalue weighted by molar-refractivity contribution is 0.0951. The molecule has 2 aromatic carbocycles. The number of halogens is 2. The zero-order chi connectivity index (χ0) is 15.2. The molecule has 0 aliphatic carbocycles. The molecule has 2 rings (SSSR count). The molecule has 0 aromatic heterocycles. The van der Waals surface area contributed by atoms with Crippen molar-refractivity contribution in [3.05, 3.63) is 67.7 Å². The van der Waals surface area contributed by atoms with Crippen LogP contribution in [0.1, 0.15) is 28.4 Å². The lowest BCUT2D eigenvalue weighted by atomic mass is 10.1. The zero-order valence-corrected chi connectivity index (χ0v) is 15.1. The van der Waals surface area contributed by atoms with Gasteiger partial charge >= 0.3 is 0 Å².